The molecule has 0 aromatic heterocycles. The molecule has 104 valence electrons. The van der Waals surface area contributed by atoms with Crippen LogP contribution in [0.3, 0.4) is 0 Å². The van der Waals surface area contributed by atoms with Gasteiger partial charge in [0, 0.05) is 5.56 Å². The summed E-state index contributed by atoms with van der Waals surface area (Å²) in [4.78, 5) is 0.170. The van der Waals surface area contributed by atoms with E-state index in [-0.39, 0.29) is 4.99 Å². The van der Waals surface area contributed by atoms with Gasteiger partial charge in [-0.25, -0.2) is 4.39 Å². The van der Waals surface area contributed by atoms with Crippen LogP contribution in [0.25, 0.3) is 0 Å². The molecule has 2 rings (SSSR count). The molecule has 0 heterocycles. The van der Waals surface area contributed by atoms with E-state index in [0.717, 1.165) is 5.56 Å². The van der Waals surface area contributed by atoms with Crippen LogP contribution in [-0.4, -0.2) is 12.1 Å². The van der Waals surface area contributed by atoms with Crippen molar-refractivity contribution in [3.8, 4) is 5.75 Å². The Kier molecular flexibility index (Phi) is 4.20. The van der Waals surface area contributed by atoms with Crippen molar-refractivity contribution < 1.29 is 9.13 Å². The quantitative estimate of drug-likeness (QED) is 0.846. The second-order valence-corrected chi connectivity index (χ2v) is 4.83. The predicted octanol–water partition coefficient (Wildman–Crippen LogP) is 3.52. The largest absolute Gasteiger partial charge is 0.495 e. The van der Waals surface area contributed by atoms with Gasteiger partial charge in [0.2, 0.25) is 0 Å². The van der Waals surface area contributed by atoms with E-state index in [2.05, 4.69) is 5.32 Å². The highest BCUT2D eigenvalue weighted by Crippen LogP contribution is 2.29. The molecule has 0 saturated heterocycles. The standard InChI is InChI=1S/C15H15FN2OS/c1-9-3-6-14(19-2)13(7-9)18-12-5-4-10(15(17)20)8-11(12)16/h3-8,18H,1-2H3,(H2,17,20). The van der Waals surface area contributed by atoms with Crippen molar-refractivity contribution in [1.29, 1.82) is 0 Å². The van der Waals surface area contributed by atoms with E-state index in [9.17, 15) is 4.39 Å². The van der Waals surface area contributed by atoms with E-state index in [1.165, 1.54) is 6.07 Å². The van der Waals surface area contributed by atoms with Crippen LogP contribution >= 0.6 is 12.2 Å². The highest BCUT2D eigenvalue weighted by atomic mass is 32.1. The molecule has 2 aromatic carbocycles. The fourth-order valence-electron chi connectivity index (χ4n) is 1.83. The molecule has 2 aromatic rings. The molecule has 3 nitrogen and oxygen atoms in total. The van der Waals surface area contributed by atoms with Crippen LogP contribution in [0.5, 0.6) is 5.75 Å². The average molecular weight is 290 g/mol. The lowest BCUT2D eigenvalue weighted by Crippen LogP contribution is -2.10. The van der Waals surface area contributed by atoms with E-state index in [1.54, 1.807) is 19.2 Å². The second-order valence-electron chi connectivity index (χ2n) is 4.39. The minimum atomic E-state index is -0.418. The van der Waals surface area contributed by atoms with Gasteiger partial charge in [0.1, 0.15) is 16.6 Å². The van der Waals surface area contributed by atoms with Crippen molar-refractivity contribution in [2.24, 2.45) is 5.73 Å². The van der Waals surface area contributed by atoms with Crippen molar-refractivity contribution in [1.82, 2.24) is 0 Å². The number of benzene rings is 2. The molecule has 0 bridgehead atoms. The van der Waals surface area contributed by atoms with Gasteiger partial charge in [-0.1, -0.05) is 18.3 Å². The van der Waals surface area contributed by atoms with Crippen molar-refractivity contribution in [2.75, 3.05) is 12.4 Å². The number of hydrogen-bond donors (Lipinski definition) is 2. The Bertz CT molecular complexity index is 658. The zero-order valence-electron chi connectivity index (χ0n) is 11.2. The third-order valence-electron chi connectivity index (χ3n) is 2.88. The lowest BCUT2D eigenvalue weighted by molar-refractivity contribution is 0.416. The number of nitrogens with one attached hydrogen (secondary N) is 1. The fraction of sp³-hybridized carbons (Fsp3) is 0.133. The number of ether oxygens (including phenoxy) is 1. The van der Waals surface area contributed by atoms with E-state index in [4.69, 9.17) is 22.7 Å². The second kappa shape index (κ2) is 5.88. The first-order valence-electron chi connectivity index (χ1n) is 6.02. The summed E-state index contributed by atoms with van der Waals surface area (Å²) in [6, 6.07) is 10.2. The third kappa shape index (κ3) is 3.05. The molecule has 0 radical (unpaired) electrons. The normalized spacial score (nSPS) is 10.2. The molecule has 20 heavy (non-hydrogen) atoms. The lowest BCUT2D eigenvalue weighted by Gasteiger charge is -2.13. The maximum atomic E-state index is 14.0. The van der Waals surface area contributed by atoms with E-state index in [1.807, 2.05) is 25.1 Å². The van der Waals surface area contributed by atoms with Crippen LogP contribution in [0.15, 0.2) is 36.4 Å². The topological polar surface area (TPSA) is 47.3 Å². The summed E-state index contributed by atoms with van der Waals surface area (Å²) in [7, 11) is 1.57. The lowest BCUT2D eigenvalue weighted by atomic mass is 10.1. The van der Waals surface area contributed by atoms with E-state index in [0.29, 0.717) is 22.7 Å². The van der Waals surface area contributed by atoms with Crippen LogP contribution in [0.4, 0.5) is 15.8 Å². The maximum absolute atomic E-state index is 14.0. The summed E-state index contributed by atoms with van der Waals surface area (Å²) in [5.74, 6) is 0.229. The molecule has 5 heteroatoms. The number of hydrogen-bond acceptors (Lipinski definition) is 3. The summed E-state index contributed by atoms with van der Waals surface area (Å²) in [5.41, 5.74) is 8.07. The van der Waals surface area contributed by atoms with Gasteiger partial charge in [0.15, 0.2) is 0 Å². The first-order chi connectivity index (χ1) is 9.51. The van der Waals surface area contributed by atoms with Gasteiger partial charge in [-0.15, -0.1) is 0 Å². The van der Waals surface area contributed by atoms with Crippen LogP contribution in [-0.2, 0) is 0 Å². The van der Waals surface area contributed by atoms with Crippen molar-refractivity contribution in [3.05, 3.63) is 53.3 Å². The van der Waals surface area contributed by atoms with E-state index < -0.39 is 5.82 Å². The van der Waals surface area contributed by atoms with E-state index >= 15 is 0 Å². The minimum Gasteiger partial charge on any atom is -0.495 e. The molecule has 0 amide bonds. The molecular formula is C15H15FN2OS. The van der Waals surface area contributed by atoms with Crippen molar-refractivity contribution in [3.63, 3.8) is 0 Å². The summed E-state index contributed by atoms with van der Waals surface area (Å²) in [6.07, 6.45) is 0. The summed E-state index contributed by atoms with van der Waals surface area (Å²) in [5, 5.41) is 3.01. The van der Waals surface area contributed by atoms with Crippen molar-refractivity contribution >= 4 is 28.6 Å². The van der Waals surface area contributed by atoms with Crippen molar-refractivity contribution in [2.45, 2.75) is 6.92 Å². The predicted molar refractivity (Wildman–Crippen MR) is 83.3 cm³/mol. The average Bonchev–Trinajstić information content (AvgIpc) is 2.41. The molecule has 0 aliphatic carbocycles. The van der Waals surface area contributed by atoms with Gasteiger partial charge in [0.05, 0.1) is 18.5 Å². The molecule has 0 spiro atoms. The van der Waals surface area contributed by atoms with Crippen LogP contribution in [0, 0.1) is 12.7 Å². The minimum absolute atomic E-state index is 0.170. The molecule has 3 N–H and O–H groups in total. The zero-order valence-corrected chi connectivity index (χ0v) is 12.1. The molecule has 0 saturated carbocycles. The Hall–Kier alpha value is -2.14. The van der Waals surface area contributed by atoms with Gasteiger partial charge < -0.3 is 15.8 Å². The Morgan fingerprint density at radius 2 is 1.95 bits per heavy atom. The number of aryl methyl sites for hydroxylation is 1. The number of rotatable bonds is 4. The van der Waals surface area contributed by atoms with Gasteiger partial charge in [-0.05, 0) is 42.8 Å². The van der Waals surface area contributed by atoms with Crippen LogP contribution in [0.1, 0.15) is 11.1 Å². The Labute approximate surface area is 122 Å². The fourth-order valence-corrected chi connectivity index (χ4v) is 1.96. The molecule has 0 aliphatic rings. The number of halogens is 1. The molecule has 0 unspecified atom stereocenters. The first kappa shape index (κ1) is 14.3. The van der Waals surface area contributed by atoms with Gasteiger partial charge in [-0.2, -0.15) is 0 Å². The maximum Gasteiger partial charge on any atom is 0.147 e. The van der Waals surface area contributed by atoms with Gasteiger partial charge in [-0.3, -0.25) is 0 Å². The summed E-state index contributed by atoms with van der Waals surface area (Å²) in [6.45, 7) is 1.96. The van der Waals surface area contributed by atoms with Gasteiger partial charge >= 0.3 is 0 Å². The third-order valence-corrected chi connectivity index (χ3v) is 3.11. The highest BCUT2D eigenvalue weighted by molar-refractivity contribution is 7.80. The van der Waals surface area contributed by atoms with Gasteiger partial charge in [0.25, 0.3) is 0 Å². The summed E-state index contributed by atoms with van der Waals surface area (Å²) >= 11 is 4.82. The monoisotopic (exact) mass is 290 g/mol. The Balaban J connectivity index is 2.35. The van der Waals surface area contributed by atoms with Crippen LogP contribution in [0.2, 0.25) is 0 Å². The summed E-state index contributed by atoms with van der Waals surface area (Å²) < 4.78 is 19.3. The number of thiocarbonyl (C=S) groups is 1. The highest BCUT2D eigenvalue weighted by Gasteiger charge is 2.08. The zero-order chi connectivity index (χ0) is 14.7. The Morgan fingerprint density at radius 3 is 2.55 bits per heavy atom. The molecule has 0 aliphatic heterocycles. The molecular weight excluding hydrogens is 275 g/mol. The number of methoxy groups -OCH3 is 1. The SMILES string of the molecule is COc1ccc(C)cc1Nc1ccc(C(N)=S)cc1F. The smallest absolute Gasteiger partial charge is 0.147 e. The number of anilines is 2. The first-order valence-corrected chi connectivity index (χ1v) is 6.43. The van der Waals surface area contributed by atoms with Crippen LogP contribution < -0.4 is 15.8 Å². The molecule has 0 atom stereocenters. The number of nitrogens with two attached hydrogens (primary N) is 1. The Morgan fingerprint density at radius 1 is 1.20 bits per heavy atom. The molecule has 0 fully saturated rings.